The van der Waals surface area contributed by atoms with E-state index in [1.807, 2.05) is 24.3 Å². The zero-order chi connectivity index (χ0) is 9.19. The van der Waals surface area contributed by atoms with Gasteiger partial charge in [0.2, 0.25) is 0 Å². The number of benzene rings is 1. The van der Waals surface area contributed by atoms with Crippen LogP contribution in [-0.2, 0) is 0 Å². The second kappa shape index (κ2) is 4.77. The Labute approximate surface area is 96.1 Å². The summed E-state index contributed by atoms with van der Waals surface area (Å²) in [7, 11) is 6.28. The predicted molar refractivity (Wildman–Crippen MR) is 62.7 cm³/mol. The van der Waals surface area contributed by atoms with Crippen LogP contribution in [0.2, 0.25) is 0 Å². The van der Waals surface area contributed by atoms with Crippen LogP contribution in [0.15, 0.2) is 24.3 Å². The summed E-state index contributed by atoms with van der Waals surface area (Å²) in [4.78, 5) is 10.4. The minimum atomic E-state index is 0. The van der Waals surface area contributed by atoms with E-state index in [-0.39, 0.29) is 23.9 Å². The first kappa shape index (κ1) is 12.6. The summed E-state index contributed by atoms with van der Waals surface area (Å²) in [6.45, 7) is 0. The minimum absolute atomic E-state index is 0. The van der Waals surface area contributed by atoms with Gasteiger partial charge < -0.3 is 0 Å². The Balaban J connectivity index is 0.00000144. The molecule has 0 N–H and O–H groups in total. The molecule has 2 nitrogen and oxygen atoms in total. The third kappa shape index (κ3) is 3.48. The van der Waals surface area contributed by atoms with Gasteiger partial charge in [-0.1, -0.05) is 0 Å². The second-order valence-corrected chi connectivity index (χ2v) is 3.72. The van der Waals surface area contributed by atoms with Crippen LogP contribution in [0.1, 0.15) is 10.4 Å². The molecule has 0 spiro atoms. The molecule has 0 aliphatic carbocycles. The molecule has 0 saturated heterocycles. The van der Waals surface area contributed by atoms with Crippen LogP contribution in [0, 0.1) is 0 Å². The van der Waals surface area contributed by atoms with E-state index in [0.29, 0.717) is 0 Å². The average molecular weight is 287 g/mol. The molecule has 0 aliphatic heterocycles. The van der Waals surface area contributed by atoms with Gasteiger partial charge in [-0.15, -0.1) is 0 Å². The fourth-order valence-electron chi connectivity index (χ4n) is 1.00. The third-order valence-electron chi connectivity index (χ3n) is 1.80. The van der Waals surface area contributed by atoms with E-state index in [1.165, 1.54) is 5.69 Å². The molecule has 0 bridgehead atoms. The molecule has 0 aliphatic rings. The molecule has 0 saturated carbocycles. The number of aldehydes is 1. The summed E-state index contributed by atoms with van der Waals surface area (Å²) in [5, 5.41) is 0. The maximum absolute atomic E-state index is 10.4. The van der Waals surface area contributed by atoms with Crippen LogP contribution in [0.5, 0.6) is 0 Å². The molecule has 13 heavy (non-hydrogen) atoms. The first-order valence-electron chi connectivity index (χ1n) is 3.91. The molecule has 72 valence electrons. The molecule has 0 atom stereocenters. The average Bonchev–Trinajstić information content (AvgIpc) is 2.03. The van der Waals surface area contributed by atoms with E-state index in [1.54, 1.807) is 0 Å². The number of hydrogen-bond donors (Lipinski definition) is 0. The second-order valence-electron chi connectivity index (χ2n) is 3.72. The van der Waals surface area contributed by atoms with E-state index in [0.717, 1.165) is 16.3 Å². The van der Waals surface area contributed by atoms with Gasteiger partial charge in [0.25, 0.3) is 0 Å². The van der Waals surface area contributed by atoms with Gasteiger partial charge >= 0.3 is 23.9 Å². The molecule has 0 aromatic heterocycles. The van der Waals surface area contributed by atoms with Crippen molar-refractivity contribution in [1.82, 2.24) is 4.48 Å². The Hall–Kier alpha value is -0.351. The van der Waals surface area contributed by atoms with Crippen molar-refractivity contribution in [3.63, 3.8) is 0 Å². The molecule has 1 aromatic carbocycles. The molecule has 0 radical (unpaired) electrons. The van der Waals surface area contributed by atoms with Gasteiger partial charge in [0.05, 0.1) is 21.1 Å². The fraction of sp³-hybridized carbons (Fsp3) is 0.300. The molecular weight excluding hydrogens is 269 g/mol. The third-order valence-corrected chi connectivity index (χ3v) is 1.80. The van der Waals surface area contributed by atoms with Crippen LogP contribution in [-0.4, -0.2) is 51.3 Å². The zero-order valence-electron chi connectivity index (χ0n) is 7.74. The van der Waals surface area contributed by atoms with E-state index >= 15 is 0 Å². The maximum atomic E-state index is 10.4. The molecule has 0 amide bonds. The number of nitrogens with zero attached hydrogens (tertiary/aromatic N) is 1. The van der Waals surface area contributed by atoms with Crippen LogP contribution in [0.3, 0.4) is 0 Å². The molecule has 0 unspecified atom stereocenters. The summed E-state index contributed by atoms with van der Waals surface area (Å²) in [6, 6.07) is 7.63. The summed E-state index contributed by atoms with van der Waals surface area (Å²) in [5.41, 5.74) is 1.92. The van der Waals surface area contributed by atoms with Crippen molar-refractivity contribution in [3.05, 3.63) is 29.8 Å². The van der Waals surface area contributed by atoms with Crippen LogP contribution in [0.25, 0.3) is 0 Å². The van der Waals surface area contributed by atoms with Crippen molar-refractivity contribution in [3.8, 4) is 0 Å². The zero-order valence-corrected chi connectivity index (χ0v) is 7.74. The molecule has 3 heteroatoms. The Kier molecular flexibility index (Phi) is 4.64. The van der Waals surface area contributed by atoms with Crippen molar-refractivity contribution in [2.75, 3.05) is 21.1 Å². The summed E-state index contributed by atoms with van der Waals surface area (Å²) in [5.74, 6) is 0. The molecular formula is C10H18NOSn+. The first-order valence-corrected chi connectivity index (χ1v) is 3.91. The van der Waals surface area contributed by atoms with Crippen molar-refractivity contribution in [2.45, 2.75) is 0 Å². The predicted octanol–water partition coefficient (Wildman–Crippen LogP) is 0.244. The normalized spacial score (nSPS) is 10.4. The van der Waals surface area contributed by atoms with Gasteiger partial charge in [0.15, 0.2) is 0 Å². The summed E-state index contributed by atoms with van der Waals surface area (Å²) in [6.07, 6.45) is 0.861. The number of carbonyl (C=O) groups excluding carboxylic acids is 1. The number of quaternary nitrogens is 1. The molecule has 1 aromatic rings. The number of hydrogen-bond acceptors (Lipinski definition) is 1. The Morgan fingerprint density at radius 3 is 1.85 bits per heavy atom. The van der Waals surface area contributed by atoms with E-state index < -0.39 is 0 Å². The molecule has 1 rings (SSSR count). The fourth-order valence-corrected chi connectivity index (χ4v) is 1.00. The Bertz CT molecular complexity index is 274. The van der Waals surface area contributed by atoms with Gasteiger partial charge in [-0.05, 0) is 24.3 Å². The van der Waals surface area contributed by atoms with Crippen molar-refractivity contribution in [2.24, 2.45) is 0 Å². The SMILES string of the molecule is C[N+](C)(C)c1ccc(C=O)cc1.[SnH4]. The van der Waals surface area contributed by atoms with Crippen molar-refractivity contribution < 1.29 is 4.79 Å². The van der Waals surface area contributed by atoms with Crippen molar-refractivity contribution in [1.29, 1.82) is 0 Å². The van der Waals surface area contributed by atoms with Gasteiger partial charge in [0.1, 0.15) is 12.0 Å². The standard InChI is InChI=1S/C10H14NO.Sn.4H/c1-11(2,3)10-6-4-9(8-12)5-7-10;;;;;/h4-8H,1-3H3;;;;;/q+1;;;;;. The quantitative estimate of drug-likeness (QED) is 0.433. The topological polar surface area (TPSA) is 17.1 Å². The van der Waals surface area contributed by atoms with E-state index in [9.17, 15) is 4.79 Å². The van der Waals surface area contributed by atoms with Gasteiger partial charge in [-0.25, -0.2) is 0 Å². The van der Waals surface area contributed by atoms with Gasteiger partial charge in [0, 0.05) is 5.56 Å². The van der Waals surface area contributed by atoms with E-state index in [2.05, 4.69) is 21.1 Å². The number of carbonyl (C=O) groups is 1. The Morgan fingerprint density at radius 2 is 1.54 bits per heavy atom. The Morgan fingerprint density at radius 1 is 1.08 bits per heavy atom. The summed E-state index contributed by atoms with van der Waals surface area (Å²) < 4.78 is 0.777. The van der Waals surface area contributed by atoms with Crippen LogP contribution in [0.4, 0.5) is 5.69 Å². The van der Waals surface area contributed by atoms with Crippen molar-refractivity contribution >= 4 is 35.9 Å². The van der Waals surface area contributed by atoms with Crippen LogP contribution < -0.4 is 4.48 Å². The number of rotatable bonds is 2. The monoisotopic (exact) mass is 288 g/mol. The molecule has 0 heterocycles. The van der Waals surface area contributed by atoms with Gasteiger partial charge in [-0.3, -0.25) is 9.28 Å². The molecule has 0 fully saturated rings. The van der Waals surface area contributed by atoms with Gasteiger partial charge in [-0.2, -0.15) is 0 Å². The summed E-state index contributed by atoms with van der Waals surface area (Å²) >= 11 is 0. The first-order chi connectivity index (χ1) is 5.54. The van der Waals surface area contributed by atoms with E-state index in [4.69, 9.17) is 0 Å². The van der Waals surface area contributed by atoms with Crippen LogP contribution >= 0.6 is 0 Å².